The van der Waals surface area contributed by atoms with Crippen LogP contribution >= 0.6 is 11.6 Å². The van der Waals surface area contributed by atoms with Gasteiger partial charge in [-0.3, -0.25) is 19.2 Å². The van der Waals surface area contributed by atoms with Crippen LogP contribution in [0, 0.1) is 27.6 Å². The van der Waals surface area contributed by atoms with Gasteiger partial charge in [0, 0.05) is 66.9 Å². The molecule has 3 atom stereocenters. The lowest BCUT2D eigenvalue weighted by Crippen LogP contribution is -2.74. The number of nitrogens with zero attached hydrogens (tertiary/aromatic N) is 6. The van der Waals surface area contributed by atoms with Gasteiger partial charge in [0.2, 0.25) is 17.7 Å². The number of aliphatic hydroxyl groups excluding tert-OH is 1. The van der Waals surface area contributed by atoms with Gasteiger partial charge in [-0.15, -0.1) is 15.0 Å². The van der Waals surface area contributed by atoms with Crippen molar-refractivity contribution in [2.24, 2.45) is 16.2 Å². The van der Waals surface area contributed by atoms with E-state index in [1.54, 1.807) is 42.5 Å². The van der Waals surface area contributed by atoms with Crippen molar-refractivity contribution in [3.05, 3.63) is 94.8 Å². The van der Waals surface area contributed by atoms with Crippen LogP contribution in [0.3, 0.4) is 0 Å². The van der Waals surface area contributed by atoms with E-state index in [1.807, 2.05) is 45.0 Å². The third-order valence-electron chi connectivity index (χ3n) is 12.4. The van der Waals surface area contributed by atoms with Crippen LogP contribution < -0.4 is 26.0 Å². The number of tetrazole rings is 1. The number of β-amino-alcohol motifs (C(OH)–C–C–N with tert-alkyl or cyclic N) is 1. The molecule has 1 aliphatic carbocycles. The van der Waals surface area contributed by atoms with Crippen molar-refractivity contribution in [3.63, 3.8) is 0 Å². The van der Waals surface area contributed by atoms with Crippen LogP contribution in [0.1, 0.15) is 95.6 Å². The molecule has 1 saturated heterocycles. The highest BCUT2D eigenvalue weighted by atomic mass is 35.5. The molecule has 1 saturated carbocycles. The Morgan fingerprint density at radius 1 is 0.985 bits per heavy atom. The number of carbonyl (C=O) groups is 4. The number of carbonyl (C=O) groups excluding carboxylic acids is 4. The van der Waals surface area contributed by atoms with Crippen LogP contribution in [0.4, 0.5) is 5.69 Å². The summed E-state index contributed by atoms with van der Waals surface area (Å²) in [5, 5.41) is 43.9. The third-order valence-corrected chi connectivity index (χ3v) is 12.7. The zero-order chi connectivity index (χ0) is 47.8. The molecule has 18 heteroatoms. The molecular formula is C48H61ClN10O7. The number of anilines is 1. The molecule has 352 valence electrons. The molecule has 4 amide bonds. The molecular weight excluding hydrogens is 864 g/mol. The maximum atomic E-state index is 13.9. The average Bonchev–Trinajstić information content (AvgIpc) is 3.97. The minimum Gasteiger partial charge on any atom is -0.489 e. The number of amides is 4. The zero-order valence-corrected chi connectivity index (χ0v) is 39.4. The number of hydrogen-bond donors (Lipinski definition) is 5. The van der Waals surface area contributed by atoms with Crippen LogP contribution in [0.15, 0.2) is 73.1 Å². The summed E-state index contributed by atoms with van der Waals surface area (Å²) in [6, 6.07) is 19.7. The topological polar surface area (TPSA) is 226 Å². The number of aliphatic hydroxyl groups is 1. The Bertz CT molecular complexity index is 2350. The van der Waals surface area contributed by atoms with Crippen LogP contribution in [0.25, 0.3) is 5.69 Å². The molecule has 1 aromatic heterocycles. The fraction of sp³-hybridized carbons (Fsp3) is 0.500. The first-order valence-electron chi connectivity index (χ1n) is 22.3. The number of hydrogen-bond acceptors (Lipinski definition) is 12. The Labute approximate surface area is 390 Å². The second-order valence-corrected chi connectivity index (χ2v) is 19.7. The van der Waals surface area contributed by atoms with Crippen molar-refractivity contribution in [3.8, 4) is 17.5 Å². The van der Waals surface area contributed by atoms with Crippen molar-refractivity contribution in [2.75, 3.05) is 31.6 Å². The Kier molecular flexibility index (Phi) is 15.7. The van der Waals surface area contributed by atoms with Gasteiger partial charge in [0.15, 0.2) is 6.33 Å². The minimum absolute atomic E-state index is 0.0251. The van der Waals surface area contributed by atoms with E-state index in [4.69, 9.17) is 21.1 Å². The first kappa shape index (κ1) is 49.3. The Balaban J connectivity index is 0.875. The summed E-state index contributed by atoms with van der Waals surface area (Å²) in [5.74, 6) is -0.882. The molecule has 2 heterocycles. The van der Waals surface area contributed by atoms with Crippen molar-refractivity contribution < 1.29 is 33.8 Å². The van der Waals surface area contributed by atoms with Gasteiger partial charge in [-0.25, -0.2) is 0 Å². The molecule has 66 heavy (non-hydrogen) atoms. The highest BCUT2D eigenvalue weighted by Crippen LogP contribution is 2.55. The zero-order valence-electron chi connectivity index (χ0n) is 38.6. The highest BCUT2D eigenvalue weighted by Gasteiger charge is 2.64. The molecule has 1 unspecified atom stereocenters. The summed E-state index contributed by atoms with van der Waals surface area (Å²) in [7, 11) is 0. The van der Waals surface area contributed by atoms with E-state index in [9.17, 15) is 29.5 Å². The van der Waals surface area contributed by atoms with E-state index >= 15 is 0 Å². The van der Waals surface area contributed by atoms with E-state index < -0.39 is 41.3 Å². The predicted molar refractivity (Wildman–Crippen MR) is 248 cm³/mol. The quantitative estimate of drug-likeness (QED) is 0.0765. The van der Waals surface area contributed by atoms with Gasteiger partial charge < -0.3 is 40.7 Å². The monoisotopic (exact) mass is 924 g/mol. The predicted octanol–water partition coefficient (Wildman–Crippen LogP) is 5.21. The SMILES string of the molecule is CC(C)(C)[C@H](NC(=O)COCCCCCNc1ccc(C(=O)N[C@H]2C(C)(C)[C@H](Oc3ccc(C#N)c(Cl)c3)C2(C)C)cc1)C(=O)N1C[C@H](O)CC1C(=O)NCc1ccc(-n2ncnn2)cc1. The van der Waals surface area contributed by atoms with Crippen molar-refractivity contribution in [1.82, 2.24) is 41.1 Å². The lowest BCUT2D eigenvalue weighted by atomic mass is 9.49. The standard InChI is InChI=1S/C48H61ClN10O7/c1-46(2,3)40(43(64)58-27-35(60)23-38(58)42(63)52-26-30-11-18-34(19-12-30)59-54-29-53-57-59)55-39(61)28-65-22-10-8-9-21-51-33-16-13-31(14-17-33)41(62)56-44-47(4,5)45(48(44,6)7)66-36-20-15-32(25-50)37(49)24-36/h11-20,24,29,35,38,40,44-45,51,60H,8-10,21-23,26-28H2,1-7H3,(H,52,63)(H,55,61)(H,56,62)/t35-,38?,40-,44-,45-/m1/s1. The van der Waals surface area contributed by atoms with Gasteiger partial charge in [-0.1, -0.05) is 72.2 Å². The Morgan fingerprint density at radius 3 is 2.33 bits per heavy atom. The fourth-order valence-electron chi connectivity index (χ4n) is 9.12. The minimum atomic E-state index is -0.959. The number of nitrogens with one attached hydrogen (secondary N) is 4. The van der Waals surface area contributed by atoms with Crippen molar-refractivity contribution in [1.29, 1.82) is 5.26 Å². The third kappa shape index (κ3) is 11.8. The average molecular weight is 926 g/mol. The molecule has 0 radical (unpaired) electrons. The van der Waals surface area contributed by atoms with E-state index in [-0.39, 0.29) is 55.0 Å². The number of rotatable bonds is 19. The molecule has 0 bridgehead atoms. The van der Waals surface area contributed by atoms with Gasteiger partial charge in [0.1, 0.15) is 36.6 Å². The van der Waals surface area contributed by atoms with Crippen LogP contribution in [0.5, 0.6) is 5.75 Å². The van der Waals surface area contributed by atoms with E-state index in [0.717, 1.165) is 30.5 Å². The number of likely N-dealkylation sites (tertiary alicyclic amines) is 1. The molecule has 5 N–H and O–H groups in total. The Morgan fingerprint density at radius 2 is 1.70 bits per heavy atom. The molecule has 4 aromatic rings. The summed E-state index contributed by atoms with van der Waals surface area (Å²) < 4.78 is 12.0. The summed E-state index contributed by atoms with van der Waals surface area (Å²) in [6.45, 7) is 14.8. The van der Waals surface area contributed by atoms with Crippen LogP contribution in [-0.4, -0.2) is 110 Å². The number of halogens is 1. The first-order chi connectivity index (χ1) is 31.3. The highest BCUT2D eigenvalue weighted by molar-refractivity contribution is 6.31. The number of nitriles is 1. The summed E-state index contributed by atoms with van der Waals surface area (Å²) >= 11 is 6.23. The van der Waals surface area contributed by atoms with E-state index in [1.165, 1.54) is 16.0 Å². The number of benzene rings is 3. The second kappa shape index (κ2) is 21.0. The van der Waals surface area contributed by atoms with Gasteiger partial charge in [-0.2, -0.15) is 5.26 Å². The molecule has 3 aromatic carbocycles. The van der Waals surface area contributed by atoms with Crippen molar-refractivity contribution in [2.45, 2.75) is 111 Å². The molecule has 2 aliphatic rings. The van der Waals surface area contributed by atoms with Gasteiger partial charge in [0.25, 0.3) is 5.91 Å². The van der Waals surface area contributed by atoms with E-state index in [0.29, 0.717) is 40.7 Å². The van der Waals surface area contributed by atoms with Crippen molar-refractivity contribution >= 4 is 40.9 Å². The normalized spacial score (nSPS) is 20.0. The largest absolute Gasteiger partial charge is 0.489 e. The van der Waals surface area contributed by atoms with Gasteiger partial charge in [-0.05, 0) is 84.0 Å². The molecule has 6 rings (SSSR count). The number of ether oxygens (including phenoxy) is 2. The van der Waals surface area contributed by atoms with Gasteiger partial charge in [0.05, 0.1) is 22.4 Å². The lowest BCUT2D eigenvalue weighted by Gasteiger charge is -2.63. The van der Waals surface area contributed by atoms with Crippen LogP contribution in [-0.2, 0) is 25.7 Å². The molecule has 1 aliphatic heterocycles. The molecule has 0 spiro atoms. The smallest absolute Gasteiger partial charge is 0.251 e. The second-order valence-electron chi connectivity index (χ2n) is 19.3. The lowest BCUT2D eigenvalue weighted by molar-refractivity contribution is -0.164. The fourth-order valence-corrected chi connectivity index (χ4v) is 9.33. The number of aromatic nitrogens is 4. The molecule has 17 nitrogen and oxygen atoms in total. The van der Waals surface area contributed by atoms with E-state index in [2.05, 4.69) is 70.4 Å². The first-order valence-corrected chi connectivity index (χ1v) is 22.6. The maximum absolute atomic E-state index is 13.9. The Hall–Kier alpha value is -6.09. The summed E-state index contributed by atoms with van der Waals surface area (Å²) in [4.78, 5) is 56.4. The van der Waals surface area contributed by atoms with Gasteiger partial charge >= 0.3 is 0 Å². The molecule has 2 fully saturated rings. The van der Waals surface area contributed by atoms with Crippen LogP contribution in [0.2, 0.25) is 5.02 Å². The summed E-state index contributed by atoms with van der Waals surface area (Å²) in [5.41, 5.74) is 1.90. The number of unbranched alkanes of at least 4 members (excludes halogenated alkanes) is 2. The summed E-state index contributed by atoms with van der Waals surface area (Å²) in [6.07, 6.45) is 2.76. The maximum Gasteiger partial charge on any atom is 0.251 e.